The minimum atomic E-state index is -0.447. The normalized spacial score (nSPS) is 10.5. The van der Waals surface area contributed by atoms with Crippen LogP contribution in [0, 0.1) is 5.82 Å². The molecule has 0 saturated heterocycles. The molecular formula is C17H17FN2O4. The Bertz CT molecular complexity index is 717. The van der Waals surface area contributed by atoms with Crippen LogP contribution in [-0.2, 0) is 4.79 Å². The Kier molecular flexibility index (Phi) is 6.13. The van der Waals surface area contributed by atoms with Crippen molar-refractivity contribution in [1.82, 2.24) is 5.43 Å². The highest BCUT2D eigenvalue weighted by Gasteiger charge is 2.04. The quantitative estimate of drug-likeness (QED) is 0.624. The monoisotopic (exact) mass is 332 g/mol. The molecular weight excluding hydrogens is 315 g/mol. The first-order chi connectivity index (χ1) is 11.6. The first-order valence-corrected chi connectivity index (χ1v) is 7.04. The molecule has 1 N–H and O–H groups in total. The maximum absolute atomic E-state index is 12.8. The van der Waals surface area contributed by atoms with Crippen LogP contribution in [0.3, 0.4) is 0 Å². The second-order valence-corrected chi connectivity index (χ2v) is 4.64. The molecule has 1 amide bonds. The Hall–Kier alpha value is -3.09. The van der Waals surface area contributed by atoms with Gasteiger partial charge < -0.3 is 14.2 Å². The SMILES string of the molecule is COc1ccc(OC)c(/C=N/NC(=O)COc2ccc(F)cc2)c1. The summed E-state index contributed by atoms with van der Waals surface area (Å²) >= 11 is 0. The van der Waals surface area contributed by atoms with Gasteiger partial charge in [0.05, 0.1) is 20.4 Å². The molecule has 126 valence electrons. The Balaban J connectivity index is 1.89. The second kappa shape index (κ2) is 8.52. The van der Waals surface area contributed by atoms with E-state index in [0.717, 1.165) is 0 Å². The molecule has 0 spiro atoms. The van der Waals surface area contributed by atoms with Crippen molar-refractivity contribution in [2.24, 2.45) is 5.10 Å². The summed E-state index contributed by atoms with van der Waals surface area (Å²) in [5, 5.41) is 3.85. The summed E-state index contributed by atoms with van der Waals surface area (Å²) in [6.45, 7) is -0.238. The Morgan fingerprint density at radius 1 is 1.12 bits per heavy atom. The number of ether oxygens (including phenoxy) is 3. The fourth-order valence-corrected chi connectivity index (χ4v) is 1.83. The lowest BCUT2D eigenvalue weighted by Gasteiger charge is -2.07. The molecule has 2 aromatic rings. The van der Waals surface area contributed by atoms with Gasteiger partial charge in [0.15, 0.2) is 6.61 Å². The topological polar surface area (TPSA) is 69.2 Å². The third kappa shape index (κ3) is 4.98. The molecule has 0 aliphatic heterocycles. The molecule has 0 aliphatic carbocycles. The number of rotatable bonds is 7. The Morgan fingerprint density at radius 3 is 2.50 bits per heavy atom. The van der Waals surface area contributed by atoms with Gasteiger partial charge >= 0.3 is 0 Å². The number of benzene rings is 2. The van der Waals surface area contributed by atoms with Crippen LogP contribution in [-0.4, -0.2) is 32.9 Å². The van der Waals surface area contributed by atoms with E-state index in [2.05, 4.69) is 10.5 Å². The maximum Gasteiger partial charge on any atom is 0.277 e. The zero-order valence-corrected chi connectivity index (χ0v) is 13.3. The van der Waals surface area contributed by atoms with E-state index in [4.69, 9.17) is 14.2 Å². The van der Waals surface area contributed by atoms with Crippen molar-refractivity contribution >= 4 is 12.1 Å². The predicted octanol–water partition coefficient (Wildman–Crippen LogP) is 2.37. The van der Waals surface area contributed by atoms with E-state index in [1.54, 1.807) is 25.3 Å². The first kappa shape index (κ1) is 17.3. The van der Waals surface area contributed by atoms with E-state index < -0.39 is 5.91 Å². The Morgan fingerprint density at radius 2 is 1.83 bits per heavy atom. The van der Waals surface area contributed by atoms with Crippen LogP contribution < -0.4 is 19.6 Å². The van der Waals surface area contributed by atoms with Gasteiger partial charge in [0.2, 0.25) is 0 Å². The van der Waals surface area contributed by atoms with E-state index in [0.29, 0.717) is 22.8 Å². The van der Waals surface area contributed by atoms with Gasteiger partial charge in [-0.2, -0.15) is 5.10 Å². The van der Waals surface area contributed by atoms with Crippen molar-refractivity contribution in [2.75, 3.05) is 20.8 Å². The molecule has 24 heavy (non-hydrogen) atoms. The third-order valence-electron chi connectivity index (χ3n) is 3.01. The molecule has 7 heteroatoms. The number of hydrogen-bond acceptors (Lipinski definition) is 5. The smallest absolute Gasteiger partial charge is 0.277 e. The molecule has 0 bridgehead atoms. The molecule has 0 radical (unpaired) electrons. The summed E-state index contributed by atoms with van der Waals surface area (Å²) in [6.07, 6.45) is 1.44. The summed E-state index contributed by atoms with van der Waals surface area (Å²) in [6, 6.07) is 10.6. The highest BCUT2D eigenvalue weighted by atomic mass is 19.1. The minimum absolute atomic E-state index is 0.238. The molecule has 2 rings (SSSR count). The molecule has 0 fully saturated rings. The lowest BCUT2D eigenvalue weighted by molar-refractivity contribution is -0.123. The van der Waals surface area contributed by atoms with Crippen molar-refractivity contribution in [2.45, 2.75) is 0 Å². The van der Waals surface area contributed by atoms with Crippen LogP contribution >= 0.6 is 0 Å². The summed E-state index contributed by atoms with van der Waals surface area (Å²) in [5.74, 6) is 0.811. The van der Waals surface area contributed by atoms with Crippen LogP contribution in [0.1, 0.15) is 5.56 Å². The maximum atomic E-state index is 12.8. The van der Waals surface area contributed by atoms with Crippen molar-refractivity contribution in [1.29, 1.82) is 0 Å². The van der Waals surface area contributed by atoms with Crippen LogP contribution in [0.15, 0.2) is 47.6 Å². The number of hydrogen-bond donors (Lipinski definition) is 1. The van der Waals surface area contributed by atoms with Crippen LogP contribution in [0.5, 0.6) is 17.2 Å². The molecule has 0 saturated carbocycles. The fourth-order valence-electron chi connectivity index (χ4n) is 1.83. The molecule has 2 aromatic carbocycles. The van der Waals surface area contributed by atoms with Gasteiger partial charge in [-0.05, 0) is 42.5 Å². The fraction of sp³-hybridized carbons (Fsp3) is 0.176. The zero-order valence-electron chi connectivity index (χ0n) is 13.3. The average Bonchev–Trinajstić information content (AvgIpc) is 2.61. The highest BCUT2D eigenvalue weighted by Crippen LogP contribution is 2.22. The number of carbonyl (C=O) groups excluding carboxylic acids is 1. The zero-order chi connectivity index (χ0) is 17.4. The van der Waals surface area contributed by atoms with Gasteiger partial charge in [-0.3, -0.25) is 4.79 Å². The largest absolute Gasteiger partial charge is 0.497 e. The van der Waals surface area contributed by atoms with Gasteiger partial charge in [-0.1, -0.05) is 0 Å². The number of carbonyl (C=O) groups is 1. The van der Waals surface area contributed by atoms with E-state index in [1.807, 2.05) is 0 Å². The number of amides is 1. The Labute approximate surface area is 138 Å². The lowest BCUT2D eigenvalue weighted by Crippen LogP contribution is -2.24. The summed E-state index contributed by atoms with van der Waals surface area (Å²) < 4.78 is 28.3. The van der Waals surface area contributed by atoms with Gasteiger partial charge in [0.1, 0.15) is 23.1 Å². The van der Waals surface area contributed by atoms with Crippen LogP contribution in [0.25, 0.3) is 0 Å². The van der Waals surface area contributed by atoms with E-state index in [-0.39, 0.29) is 12.4 Å². The lowest BCUT2D eigenvalue weighted by atomic mass is 10.2. The molecule has 6 nitrogen and oxygen atoms in total. The summed E-state index contributed by atoms with van der Waals surface area (Å²) in [7, 11) is 3.09. The minimum Gasteiger partial charge on any atom is -0.497 e. The van der Waals surface area contributed by atoms with E-state index in [1.165, 1.54) is 37.6 Å². The van der Waals surface area contributed by atoms with Crippen molar-refractivity contribution < 1.29 is 23.4 Å². The standard InChI is InChI=1S/C17H17FN2O4/c1-22-15-7-8-16(23-2)12(9-15)10-19-20-17(21)11-24-14-5-3-13(18)4-6-14/h3-10H,11H2,1-2H3,(H,20,21)/b19-10+. The summed E-state index contributed by atoms with van der Waals surface area (Å²) in [5.41, 5.74) is 2.99. The third-order valence-corrected chi connectivity index (χ3v) is 3.01. The first-order valence-electron chi connectivity index (χ1n) is 7.04. The number of hydrazone groups is 1. The number of halogens is 1. The van der Waals surface area contributed by atoms with Crippen LogP contribution in [0.2, 0.25) is 0 Å². The number of nitrogens with one attached hydrogen (secondary N) is 1. The number of nitrogens with zero attached hydrogens (tertiary/aromatic N) is 1. The predicted molar refractivity (Wildman–Crippen MR) is 87.2 cm³/mol. The van der Waals surface area contributed by atoms with E-state index in [9.17, 15) is 9.18 Å². The average molecular weight is 332 g/mol. The van der Waals surface area contributed by atoms with Crippen molar-refractivity contribution in [3.63, 3.8) is 0 Å². The molecule has 0 aliphatic rings. The van der Waals surface area contributed by atoms with Gasteiger partial charge in [-0.25, -0.2) is 9.82 Å². The van der Waals surface area contributed by atoms with E-state index >= 15 is 0 Å². The second-order valence-electron chi connectivity index (χ2n) is 4.64. The molecule has 0 heterocycles. The van der Waals surface area contributed by atoms with Gasteiger partial charge in [0, 0.05) is 5.56 Å². The molecule has 0 aromatic heterocycles. The van der Waals surface area contributed by atoms with Gasteiger partial charge in [0.25, 0.3) is 5.91 Å². The number of methoxy groups -OCH3 is 2. The summed E-state index contributed by atoms with van der Waals surface area (Å²) in [4.78, 5) is 11.7. The van der Waals surface area contributed by atoms with Crippen LogP contribution in [0.4, 0.5) is 4.39 Å². The van der Waals surface area contributed by atoms with Crippen molar-refractivity contribution in [3.8, 4) is 17.2 Å². The molecule has 0 atom stereocenters. The highest BCUT2D eigenvalue weighted by molar-refractivity contribution is 5.86. The molecule has 0 unspecified atom stereocenters. The van der Waals surface area contributed by atoms with Crippen molar-refractivity contribution in [3.05, 3.63) is 53.8 Å². The van der Waals surface area contributed by atoms with Gasteiger partial charge in [-0.15, -0.1) is 0 Å².